The molecule has 0 radical (unpaired) electrons. The third kappa shape index (κ3) is 2.73. The van der Waals surface area contributed by atoms with Crippen molar-refractivity contribution in [2.75, 3.05) is 0 Å². The van der Waals surface area contributed by atoms with Gasteiger partial charge in [0.1, 0.15) is 17.4 Å². The molecule has 0 atom stereocenters. The zero-order valence-electron chi connectivity index (χ0n) is 10.4. The van der Waals surface area contributed by atoms with Crippen molar-refractivity contribution in [2.45, 2.75) is 6.61 Å². The summed E-state index contributed by atoms with van der Waals surface area (Å²) < 4.78 is 43.1. The van der Waals surface area contributed by atoms with Crippen LogP contribution in [0.2, 0.25) is 0 Å². The topological polar surface area (TPSA) is 37.9 Å². The van der Waals surface area contributed by atoms with Crippen LogP contribution in [-0.2, 0) is 0 Å². The fraction of sp³-hybridized carbons (Fsp3) is 0.0714. The monoisotopic (exact) mass is 356 g/mol. The average molecular weight is 357 g/mol. The van der Waals surface area contributed by atoms with Crippen LogP contribution in [0.3, 0.4) is 0 Å². The van der Waals surface area contributed by atoms with Crippen molar-refractivity contribution in [3.63, 3.8) is 0 Å². The molecule has 0 spiro atoms. The molecular weight excluding hydrogens is 349 g/mol. The number of fused-ring (bicyclic) bond motifs is 1. The highest BCUT2D eigenvalue weighted by Gasteiger charge is 2.14. The highest BCUT2D eigenvalue weighted by molar-refractivity contribution is 9.10. The lowest BCUT2D eigenvalue weighted by molar-refractivity contribution is -0.0494. The number of rotatable bonds is 3. The molecule has 1 N–H and O–H groups in total. The number of nitrogens with zero attached hydrogens (tertiary/aromatic N) is 1. The number of halogens is 4. The summed E-state index contributed by atoms with van der Waals surface area (Å²) >= 11 is 3.08. The second-order valence-electron chi connectivity index (χ2n) is 4.24. The van der Waals surface area contributed by atoms with Crippen LogP contribution in [0.4, 0.5) is 13.2 Å². The minimum atomic E-state index is -2.93. The number of benzene rings is 2. The lowest BCUT2D eigenvalue weighted by Crippen LogP contribution is -2.03. The van der Waals surface area contributed by atoms with Gasteiger partial charge in [-0.25, -0.2) is 9.37 Å². The van der Waals surface area contributed by atoms with E-state index in [0.29, 0.717) is 22.4 Å². The lowest BCUT2D eigenvalue weighted by atomic mass is 10.2. The smallest absolute Gasteiger partial charge is 0.387 e. The average Bonchev–Trinajstić information content (AvgIpc) is 2.82. The van der Waals surface area contributed by atoms with Gasteiger partial charge in [0, 0.05) is 6.07 Å². The van der Waals surface area contributed by atoms with Gasteiger partial charge in [0.2, 0.25) is 0 Å². The second kappa shape index (κ2) is 5.40. The van der Waals surface area contributed by atoms with Crippen LogP contribution in [0.25, 0.3) is 22.4 Å². The number of para-hydroxylation sites is 1. The predicted octanol–water partition coefficient (Wildman–Crippen LogP) is 4.73. The summed E-state index contributed by atoms with van der Waals surface area (Å²) in [5.74, 6) is -0.0975. The molecule has 108 valence electrons. The van der Waals surface area contributed by atoms with Crippen molar-refractivity contribution >= 4 is 27.0 Å². The normalized spacial score (nSPS) is 11.3. The summed E-state index contributed by atoms with van der Waals surface area (Å²) in [6, 6.07) is 9.08. The minimum Gasteiger partial charge on any atom is -0.434 e. The van der Waals surface area contributed by atoms with Gasteiger partial charge in [-0.1, -0.05) is 12.1 Å². The standard InChI is InChI=1S/C14H8BrF3N2O/c15-8-5-10-11(6-9(8)16)20-13(19-10)7-3-1-2-4-12(7)21-14(17)18/h1-6,14H,(H,19,20). The molecule has 0 aliphatic heterocycles. The molecule has 0 aliphatic rings. The molecule has 0 fully saturated rings. The Hall–Kier alpha value is -2.02. The Bertz CT molecular complexity index is 765. The van der Waals surface area contributed by atoms with E-state index >= 15 is 0 Å². The van der Waals surface area contributed by atoms with Crippen LogP contribution < -0.4 is 4.74 Å². The molecule has 1 aromatic heterocycles. The van der Waals surface area contributed by atoms with Gasteiger partial charge in [-0.3, -0.25) is 0 Å². The summed E-state index contributed by atoms with van der Waals surface area (Å²) in [4.78, 5) is 7.17. The molecule has 0 saturated heterocycles. The minimum absolute atomic E-state index is 0.00564. The Balaban J connectivity index is 2.12. The molecule has 0 bridgehead atoms. The van der Waals surface area contributed by atoms with Crippen molar-refractivity contribution in [2.24, 2.45) is 0 Å². The number of aromatic amines is 1. The van der Waals surface area contributed by atoms with Gasteiger partial charge in [-0.05, 0) is 34.1 Å². The molecule has 21 heavy (non-hydrogen) atoms. The Morgan fingerprint density at radius 1 is 1.19 bits per heavy atom. The Morgan fingerprint density at radius 2 is 1.95 bits per heavy atom. The van der Waals surface area contributed by atoms with E-state index in [1.807, 2.05) is 0 Å². The second-order valence-corrected chi connectivity index (χ2v) is 5.10. The molecule has 0 unspecified atom stereocenters. The van der Waals surface area contributed by atoms with E-state index < -0.39 is 12.4 Å². The first-order chi connectivity index (χ1) is 10.0. The van der Waals surface area contributed by atoms with Crippen LogP contribution in [0.15, 0.2) is 40.9 Å². The van der Waals surface area contributed by atoms with E-state index in [9.17, 15) is 13.2 Å². The molecule has 1 heterocycles. The van der Waals surface area contributed by atoms with Crippen molar-refractivity contribution in [3.05, 3.63) is 46.7 Å². The first-order valence-electron chi connectivity index (χ1n) is 5.93. The highest BCUT2D eigenvalue weighted by atomic mass is 79.9. The highest BCUT2D eigenvalue weighted by Crippen LogP contribution is 2.31. The van der Waals surface area contributed by atoms with Crippen molar-refractivity contribution in [3.8, 4) is 17.1 Å². The van der Waals surface area contributed by atoms with Gasteiger partial charge >= 0.3 is 6.61 Å². The lowest BCUT2D eigenvalue weighted by Gasteiger charge is -2.08. The first kappa shape index (κ1) is 13.9. The number of aromatic nitrogens is 2. The van der Waals surface area contributed by atoms with Crippen LogP contribution >= 0.6 is 15.9 Å². The molecule has 0 aliphatic carbocycles. The van der Waals surface area contributed by atoms with Crippen LogP contribution in [0, 0.1) is 5.82 Å². The zero-order valence-corrected chi connectivity index (χ0v) is 12.0. The van der Waals surface area contributed by atoms with Gasteiger partial charge in [-0.2, -0.15) is 8.78 Å². The van der Waals surface area contributed by atoms with Gasteiger partial charge in [-0.15, -0.1) is 0 Å². The van der Waals surface area contributed by atoms with E-state index in [1.165, 1.54) is 18.2 Å². The van der Waals surface area contributed by atoms with Crippen molar-refractivity contribution in [1.29, 1.82) is 0 Å². The fourth-order valence-corrected chi connectivity index (χ4v) is 2.32. The van der Waals surface area contributed by atoms with Gasteiger partial charge in [0.15, 0.2) is 0 Å². The number of hydrogen-bond acceptors (Lipinski definition) is 2. The van der Waals surface area contributed by atoms with E-state index in [4.69, 9.17) is 0 Å². The fourth-order valence-electron chi connectivity index (χ4n) is 1.99. The molecule has 0 amide bonds. The van der Waals surface area contributed by atoms with E-state index in [1.54, 1.807) is 18.2 Å². The molecule has 7 heteroatoms. The summed E-state index contributed by atoms with van der Waals surface area (Å²) in [5, 5.41) is 0. The number of ether oxygens (including phenoxy) is 1. The summed E-state index contributed by atoms with van der Waals surface area (Å²) in [6.07, 6.45) is 0. The van der Waals surface area contributed by atoms with Gasteiger partial charge < -0.3 is 9.72 Å². The molecule has 3 rings (SSSR count). The number of hydrogen-bond donors (Lipinski definition) is 1. The van der Waals surface area contributed by atoms with Crippen LogP contribution in [0.5, 0.6) is 5.75 Å². The van der Waals surface area contributed by atoms with Gasteiger partial charge in [0.25, 0.3) is 0 Å². The predicted molar refractivity (Wildman–Crippen MR) is 75.8 cm³/mol. The maximum Gasteiger partial charge on any atom is 0.387 e. The van der Waals surface area contributed by atoms with Crippen LogP contribution in [-0.4, -0.2) is 16.6 Å². The number of imidazole rings is 1. The summed E-state index contributed by atoms with van der Waals surface area (Å²) in [6.45, 7) is -2.93. The van der Waals surface area contributed by atoms with E-state index in [-0.39, 0.29) is 10.2 Å². The maximum absolute atomic E-state index is 13.5. The Kier molecular flexibility index (Phi) is 3.59. The summed E-state index contributed by atoms with van der Waals surface area (Å²) in [7, 11) is 0. The van der Waals surface area contributed by atoms with E-state index in [0.717, 1.165) is 0 Å². The molecular formula is C14H8BrF3N2O. The van der Waals surface area contributed by atoms with Crippen molar-refractivity contribution in [1.82, 2.24) is 9.97 Å². The van der Waals surface area contributed by atoms with E-state index in [2.05, 4.69) is 30.6 Å². The quantitative estimate of drug-likeness (QED) is 0.736. The van der Waals surface area contributed by atoms with Gasteiger partial charge in [0.05, 0.1) is 21.1 Å². The number of alkyl halides is 2. The van der Waals surface area contributed by atoms with Crippen molar-refractivity contribution < 1.29 is 17.9 Å². The maximum atomic E-state index is 13.5. The third-order valence-electron chi connectivity index (χ3n) is 2.88. The molecule has 2 aromatic carbocycles. The molecule has 3 nitrogen and oxygen atoms in total. The third-order valence-corrected chi connectivity index (χ3v) is 3.49. The largest absolute Gasteiger partial charge is 0.434 e. The summed E-state index contributed by atoms with van der Waals surface area (Å²) in [5.41, 5.74) is 1.37. The number of nitrogens with one attached hydrogen (secondary N) is 1. The van der Waals surface area contributed by atoms with Crippen LogP contribution in [0.1, 0.15) is 0 Å². The zero-order chi connectivity index (χ0) is 15.0. The Morgan fingerprint density at radius 3 is 2.71 bits per heavy atom. The first-order valence-corrected chi connectivity index (χ1v) is 6.73. The molecule has 3 aromatic rings. The molecule has 0 saturated carbocycles. The number of H-pyrrole nitrogens is 1. The Labute approximate surface area is 125 Å². The SMILES string of the molecule is Fc1cc2[nH]c(-c3ccccc3OC(F)F)nc2cc1Br.